The molecule has 0 aliphatic carbocycles. The number of hydrogen-bond donors (Lipinski definition) is 1. The summed E-state index contributed by atoms with van der Waals surface area (Å²) in [5.41, 5.74) is -0.616. The van der Waals surface area contributed by atoms with Gasteiger partial charge in [0.2, 0.25) is 5.91 Å². The number of nitrogens with zero attached hydrogens (tertiary/aromatic N) is 1. The fourth-order valence-electron chi connectivity index (χ4n) is 2.63. The topological polar surface area (TPSA) is 66.8 Å². The first kappa shape index (κ1) is 17.3. The van der Waals surface area contributed by atoms with Crippen LogP contribution in [0.5, 0.6) is 0 Å². The highest BCUT2D eigenvalue weighted by Crippen LogP contribution is 2.36. The lowest BCUT2D eigenvalue weighted by Crippen LogP contribution is -2.47. The maximum absolute atomic E-state index is 12.0. The number of piperidine rings is 1. The number of carboxylic acid groups (broad SMARTS) is 1. The van der Waals surface area contributed by atoms with Gasteiger partial charge in [-0.1, -0.05) is 13.3 Å². The molecule has 1 rings (SSSR count). The van der Waals surface area contributed by atoms with Gasteiger partial charge in [0, 0.05) is 26.0 Å². The molecule has 20 heavy (non-hydrogen) atoms. The van der Waals surface area contributed by atoms with Crippen LogP contribution < -0.4 is 0 Å². The van der Waals surface area contributed by atoms with E-state index in [4.69, 9.17) is 4.74 Å². The number of ether oxygens (including phenoxy) is 1. The van der Waals surface area contributed by atoms with Gasteiger partial charge >= 0.3 is 5.97 Å². The second-order valence-electron chi connectivity index (χ2n) is 5.26. The van der Waals surface area contributed by atoms with Crippen molar-refractivity contribution in [2.75, 3.05) is 38.3 Å². The summed E-state index contributed by atoms with van der Waals surface area (Å²) in [6.45, 7) is 3.79. The highest BCUT2D eigenvalue weighted by molar-refractivity contribution is 7.99. The molecule has 0 bridgehead atoms. The molecule has 1 heterocycles. The molecule has 0 radical (unpaired) electrons. The predicted octanol–water partition coefficient (Wildman–Crippen LogP) is 1.86. The Morgan fingerprint density at radius 3 is 2.50 bits per heavy atom. The van der Waals surface area contributed by atoms with Crippen molar-refractivity contribution in [3.05, 3.63) is 0 Å². The lowest BCUT2D eigenvalue weighted by molar-refractivity contribution is -0.154. The highest BCUT2D eigenvalue weighted by Gasteiger charge is 2.41. The van der Waals surface area contributed by atoms with Crippen molar-refractivity contribution >= 4 is 23.6 Å². The number of carboxylic acids is 1. The minimum Gasteiger partial charge on any atom is -0.481 e. The minimum absolute atomic E-state index is 0.113. The molecule has 0 unspecified atom stereocenters. The van der Waals surface area contributed by atoms with Gasteiger partial charge in [0.15, 0.2) is 0 Å². The Labute approximate surface area is 125 Å². The fraction of sp³-hybridized carbons (Fsp3) is 0.857. The molecule has 0 spiro atoms. The summed E-state index contributed by atoms with van der Waals surface area (Å²) in [6.07, 6.45) is 2.72. The average Bonchev–Trinajstić information content (AvgIpc) is 2.44. The number of methoxy groups -OCH3 is 1. The molecule has 1 fully saturated rings. The minimum atomic E-state index is -0.707. The van der Waals surface area contributed by atoms with Crippen molar-refractivity contribution in [2.24, 2.45) is 5.41 Å². The number of amides is 1. The molecule has 0 saturated carbocycles. The molecule has 116 valence electrons. The molecule has 0 atom stereocenters. The molecule has 1 aliphatic heterocycles. The van der Waals surface area contributed by atoms with E-state index in [1.165, 1.54) is 0 Å². The molecule has 1 saturated heterocycles. The van der Waals surface area contributed by atoms with Gasteiger partial charge in [-0.2, -0.15) is 0 Å². The van der Waals surface area contributed by atoms with Crippen LogP contribution in [-0.2, 0) is 14.3 Å². The largest absolute Gasteiger partial charge is 0.481 e. The van der Waals surface area contributed by atoms with Crippen LogP contribution in [0.15, 0.2) is 0 Å². The van der Waals surface area contributed by atoms with Crippen molar-refractivity contribution in [3.8, 4) is 0 Å². The Balaban J connectivity index is 2.40. The molecule has 0 aromatic carbocycles. The summed E-state index contributed by atoms with van der Waals surface area (Å²) in [7, 11) is 1.65. The number of hydrogen-bond acceptors (Lipinski definition) is 4. The lowest BCUT2D eigenvalue weighted by Gasteiger charge is -2.38. The van der Waals surface area contributed by atoms with Crippen LogP contribution in [-0.4, -0.2) is 60.2 Å². The van der Waals surface area contributed by atoms with Gasteiger partial charge in [-0.15, -0.1) is 11.8 Å². The zero-order chi connectivity index (χ0) is 15.0. The highest BCUT2D eigenvalue weighted by atomic mass is 32.2. The van der Waals surface area contributed by atoms with Crippen molar-refractivity contribution < 1.29 is 19.4 Å². The van der Waals surface area contributed by atoms with Gasteiger partial charge in [0.05, 0.1) is 17.8 Å². The zero-order valence-electron chi connectivity index (χ0n) is 12.4. The third-order valence-corrected chi connectivity index (χ3v) is 4.82. The van der Waals surface area contributed by atoms with E-state index in [-0.39, 0.29) is 5.91 Å². The third-order valence-electron chi connectivity index (χ3n) is 3.91. The van der Waals surface area contributed by atoms with Crippen molar-refractivity contribution in [1.29, 1.82) is 0 Å². The number of carbonyl (C=O) groups is 2. The van der Waals surface area contributed by atoms with E-state index >= 15 is 0 Å². The second-order valence-corrected chi connectivity index (χ2v) is 6.37. The average molecular weight is 303 g/mol. The molecular formula is C14H25NO4S. The standard InChI is InChI=1S/C14H25NO4S/c1-3-4-14(13(17)18)5-7-15(8-6-14)12(16)11-20-10-9-19-2/h3-11H2,1-2H3,(H,17,18). The number of likely N-dealkylation sites (tertiary alicyclic amines) is 1. The summed E-state index contributed by atoms with van der Waals surface area (Å²) in [5.74, 6) is 0.671. The van der Waals surface area contributed by atoms with E-state index in [1.807, 2.05) is 6.92 Å². The summed E-state index contributed by atoms with van der Waals surface area (Å²) in [4.78, 5) is 25.3. The smallest absolute Gasteiger partial charge is 0.309 e. The van der Waals surface area contributed by atoms with Gasteiger partial charge < -0.3 is 14.7 Å². The van der Waals surface area contributed by atoms with Crippen LogP contribution in [0.25, 0.3) is 0 Å². The van der Waals surface area contributed by atoms with E-state index in [0.717, 1.165) is 12.2 Å². The Bertz CT molecular complexity index is 327. The van der Waals surface area contributed by atoms with Crippen LogP contribution in [0.1, 0.15) is 32.6 Å². The first-order valence-electron chi connectivity index (χ1n) is 7.13. The maximum Gasteiger partial charge on any atom is 0.309 e. The first-order valence-corrected chi connectivity index (χ1v) is 8.29. The Morgan fingerprint density at radius 1 is 1.35 bits per heavy atom. The maximum atomic E-state index is 12.0. The van der Waals surface area contributed by atoms with E-state index < -0.39 is 11.4 Å². The van der Waals surface area contributed by atoms with Crippen LogP contribution in [0, 0.1) is 5.41 Å². The number of thioether (sulfide) groups is 1. The van der Waals surface area contributed by atoms with E-state index in [1.54, 1.807) is 23.8 Å². The number of aliphatic carboxylic acids is 1. The van der Waals surface area contributed by atoms with E-state index in [2.05, 4.69) is 0 Å². The molecule has 0 aromatic heterocycles. The molecule has 1 amide bonds. The Morgan fingerprint density at radius 2 is 2.00 bits per heavy atom. The van der Waals surface area contributed by atoms with Crippen molar-refractivity contribution in [3.63, 3.8) is 0 Å². The second kappa shape index (κ2) is 8.52. The van der Waals surface area contributed by atoms with Crippen molar-refractivity contribution in [1.82, 2.24) is 4.90 Å². The van der Waals surface area contributed by atoms with Gasteiger partial charge in [-0.05, 0) is 19.3 Å². The van der Waals surface area contributed by atoms with Gasteiger partial charge in [0.25, 0.3) is 0 Å². The molecule has 0 aromatic rings. The SMILES string of the molecule is CCCC1(C(=O)O)CCN(C(=O)CSCCOC)CC1. The fourth-order valence-corrected chi connectivity index (χ4v) is 3.41. The number of carbonyl (C=O) groups excluding carboxylic acids is 1. The predicted molar refractivity (Wildman–Crippen MR) is 80.0 cm³/mol. The third kappa shape index (κ3) is 4.66. The summed E-state index contributed by atoms with van der Waals surface area (Å²) in [6, 6.07) is 0. The molecule has 1 aliphatic rings. The van der Waals surface area contributed by atoms with Crippen LogP contribution in [0.4, 0.5) is 0 Å². The Kier molecular flexibility index (Phi) is 7.37. The molecule has 1 N–H and O–H groups in total. The Hall–Kier alpha value is -0.750. The normalized spacial score (nSPS) is 18.0. The number of rotatable bonds is 8. The van der Waals surface area contributed by atoms with Crippen LogP contribution in [0.3, 0.4) is 0 Å². The first-order chi connectivity index (χ1) is 9.55. The van der Waals surface area contributed by atoms with Gasteiger partial charge in [0.1, 0.15) is 0 Å². The lowest BCUT2D eigenvalue weighted by atomic mass is 9.75. The van der Waals surface area contributed by atoms with Gasteiger partial charge in [-0.25, -0.2) is 0 Å². The van der Waals surface area contributed by atoms with E-state index in [9.17, 15) is 14.7 Å². The van der Waals surface area contributed by atoms with E-state index in [0.29, 0.717) is 44.7 Å². The van der Waals surface area contributed by atoms with Gasteiger partial charge in [-0.3, -0.25) is 9.59 Å². The van der Waals surface area contributed by atoms with Crippen molar-refractivity contribution in [2.45, 2.75) is 32.6 Å². The summed E-state index contributed by atoms with van der Waals surface area (Å²) in [5, 5.41) is 9.42. The monoisotopic (exact) mass is 303 g/mol. The summed E-state index contributed by atoms with van der Waals surface area (Å²) < 4.78 is 4.94. The van der Waals surface area contributed by atoms with Crippen LogP contribution >= 0.6 is 11.8 Å². The van der Waals surface area contributed by atoms with Crippen LogP contribution in [0.2, 0.25) is 0 Å². The summed E-state index contributed by atoms with van der Waals surface area (Å²) >= 11 is 1.56. The molecule has 6 heteroatoms. The zero-order valence-corrected chi connectivity index (χ0v) is 13.2. The molecular weight excluding hydrogens is 278 g/mol. The molecule has 5 nitrogen and oxygen atoms in total. The quantitative estimate of drug-likeness (QED) is 0.693.